The molecule has 1 heterocycles. The Bertz CT molecular complexity index is 143. The number of rotatable bonds is 0. The summed E-state index contributed by atoms with van der Waals surface area (Å²) < 4.78 is 13.3. The summed E-state index contributed by atoms with van der Waals surface area (Å²) in [6.07, 6.45) is 2.72. The third kappa shape index (κ3) is 1.33. The van der Waals surface area contributed by atoms with Crippen LogP contribution in [-0.4, -0.2) is 9.55 Å². The van der Waals surface area contributed by atoms with Crippen molar-refractivity contribution in [1.82, 2.24) is 9.55 Å². The smallest absolute Gasteiger partial charge is 0.230 e. The van der Waals surface area contributed by atoms with Crippen molar-refractivity contribution in [3.8, 4) is 0 Å². The van der Waals surface area contributed by atoms with Crippen molar-refractivity contribution >= 4 is 0 Å². The quantitative estimate of drug-likeness (QED) is 0.498. The highest BCUT2D eigenvalue weighted by Crippen LogP contribution is 1.86. The molecule has 0 saturated carbocycles. The van der Waals surface area contributed by atoms with Crippen LogP contribution in [0.1, 0.15) is 7.43 Å². The molecule has 0 fully saturated rings. The van der Waals surface area contributed by atoms with Crippen LogP contribution in [0.3, 0.4) is 0 Å². The molecule has 0 aliphatic heterocycles. The molecule has 0 spiro atoms. The molecule has 0 bridgehead atoms. The lowest BCUT2D eigenvalue weighted by molar-refractivity contribution is 0.589. The molecule has 0 saturated heterocycles. The summed E-state index contributed by atoms with van der Waals surface area (Å²) in [5.41, 5.74) is 0. The predicted molar refractivity (Wildman–Crippen MR) is 29.9 cm³/mol. The zero-order valence-electron chi connectivity index (χ0n) is 3.93. The van der Waals surface area contributed by atoms with Crippen molar-refractivity contribution < 1.29 is 4.39 Å². The zero-order chi connectivity index (χ0) is 5.28. The maximum atomic E-state index is 11.8. The molecule has 0 amide bonds. The lowest BCUT2D eigenvalue weighted by atomic mass is 10.9. The second-order valence-electron chi connectivity index (χ2n) is 1.36. The van der Waals surface area contributed by atoms with Gasteiger partial charge in [-0.3, -0.25) is 0 Å². The maximum absolute atomic E-state index is 11.8. The molecule has 0 aromatic carbocycles. The number of nitrogens with zero attached hydrogens (tertiary/aromatic N) is 2. The highest BCUT2D eigenvalue weighted by Gasteiger charge is 1.86. The monoisotopic (exact) mass is 116 g/mol. The molecule has 8 heavy (non-hydrogen) atoms. The van der Waals surface area contributed by atoms with E-state index in [0.29, 0.717) is 0 Å². The molecular weight excluding hydrogens is 107 g/mol. The number of aryl methyl sites for hydroxylation is 1. The second kappa shape index (κ2) is 2.45. The molecule has 0 atom stereocenters. The Morgan fingerprint density at radius 2 is 2.38 bits per heavy atom. The van der Waals surface area contributed by atoms with Crippen LogP contribution in [0.15, 0.2) is 12.5 Å². The summed E-state index contributed by atoms with van der Waals surface area (Å²) in [5, 5.41) is 0. The molecule has 0 aliphatic carbocycles. The summed E-state index contributed by atoms with van der Waals surface area (Å²) in [7, 11) is 1.72. The first-order valence-electron chi connectivity index (χ1n) is 1.92. The highest BCUT2D eigenvalue weighted by molar-refractivity contribution is 4.75. The average molecular weight is 116 g/mol. The molecule has 3 heteroatoms. The predicted octanol–water partition coefficient (Wildman–Crippen LogP) is 1.20. The standard InChI is InChI=1S/C4H5FN2.CH4/c1-7-2-4(5)6-3-7;/h2-3H,1H3;1H4. The zero-order valence-corrected chi connectivity index (χ0v) is 3.93. The van der Waals surface area contributed by atoms with Crippen molar-refractivity contribution in [2.75, 3.05) is 0 Å². The Balaban J connectivity index is 0.000000490. The van der Waals surface area contributed by atoms with E-state index in [0.717, 1.165) is 0 Å². The fraction of sp³-hybridized carbons (Fsp3) is 0.400. The lowest BCUT2D eigenvalue weighted by Crippen LogP contribution is -1.76. The van der Waals surface area contributed by atoms with Crippen LogP contribution in [0.4, 0.5) is 4.39 Å². The lowest BCUT2D eigenvalue weighted by Gasteiger charge is -1.76. The highest BCUT2D eigenvalue weighted by atomic mass is 19.1. The van der Waals surface area contributed by atoms with Gasteiger partial charge in [0.15, 0.2) is 0 Å². The fourth-order valence-corrected chi connectivity index (χ4v) is 0.381. The van der Waals surface area contributed by atoms with E-state index in [1.165, 1.54) is 12.5 Å². The van der Waals surface area contributed by atoms with E-state index in [-0.39, 0.29) is 7.43 Å². The summed E-state index contributed by atoms with van der Waals surface area (Å²) in [6.45, 7) is 0. The Morgan fingerprint density at radius 3 is 2.50 bits per heavy atom. The van der Waals surface area contributed by atoms with Gasteiger partial charge in [-0.1, -0.05) is 7.43 Å². The first kappa shape index (κ1) is 7.14. The van der Waals surface area contributed by atoms with E-state index in [4.69, 9.17) is 0 Å². The van der Waals surface area contributed by atoms with Crippen molar-refractivity contribution in [1.29, 1.82) is 0 Å². The van der Waals surface area contributed by atoms with Crippen molar-refractivity contribution in [2.45, 2.75) is 7.43 Å². The molecule has 46 valence electrons. The second-order valence-corrected chi connectivity index (χ2v) is 1.36. The Labute approximate surface area is 48.0 Å². The fourth-order valence-electron chi connectivity index (χ4n) is 0.381. The van der Waals surface area contributed by atoms with Crippen molar-refractivity contribution in [2.24, 2.45) is 7.05 Å². The van der Waals surface area contributed by atoms with Crippen LogP contribution in [0.25, 0.3) is 0 Å². The SMILES string of the molecule is C.Cn1cnc(F)c1. The molecule has 1 aromatic heterocycles. The topological polar surface area (TPSA) is 17.8 Å². The van der Waals surface area contributed by atoms with Crippen LogP contribution in [0, 0.1) is 5.95 Å². The van der Waals surface area contributed by atoms with E-state index < -0.39 is 5.95 Å². The Hall–Kier alpha value is -0.860. The number of halogens is 1. The van der Waals surface area contributed by atoms with Gasteiger partial charge < -0.3 is 4.57 Å². The van der Waals surface area contributed by atoms with Gasteiger partial charge in [-0.05, 0) is 0 Å². The number of imidazole rings is 1. The van der Waals surface area contributed by atoms with Gasteiger partial charge in [0, 0.05) is 7.05 Å². The third-order valence-corrected chi connectivity index (χ3v) is 0.673. The van der Waals surface area contributed by atoms with Gasteiger partial charge >= 0.3 is 0 Å². The van der Waals surface area contributed by atoms with Crippen molar-refractivity contribution in [3.05, 3.63) is 18.5 Å². The minimum Gasteiger partial charge on any atom is -0.338 e. The summed E-state index contributed by atoms with van der Waals surface area (Å²) >= 11 is 0. The molecule has 1 aromatic rings. The van der Waals surface area contributed by atoms with Gasteiger partial charge in [-0.25, -0.2) is 4.98 Å². The molecule has 0 unspecified atom stereocenters. The first-order chi connectivity index (χ1) is 3.29. The van der Waals surface area contributed by atoms with Gasteiger partial charge in [0.25, 0.3) is 0 Å². The van der Waals surface area contributed by atoms with E-state index in [2.05, 4.69) is 4.98 Å². The molecule has 0 aliphatic rings. The molecule has 2 nitrogen and oxygen atoms in total. The Kier molecular flexibility index (Phi) is 2.19. The largest absolute Gasteiger partial charge is 0.338 e. The third-order valence-electron chi connectivity index (χ3n) is 0.673. The summed E-state index contributed by atoms with van der Waals surface area (Å²) in [5.74, 6) is -0.428. The molecule has 0 radical (unpaired) electrons. The van der Waals surface area contributed by atoms with Crippen LogP contribution < -0.4 is 0 Å². The van der Waals surface area contributed by atoms with E-state index in [1.54, 1.807) is 11.6 Å². The van der Waals surface area contributed by atoms with E-state index in [1.807, 2.05) is 0 Å². The molecular formula is C5H9FN2. The van der Waals surface area contributed by atoms with Gasteiger partial charge in [0.05, 0.1) is 12.5 Å². The number of hydrogen-bond acceptors (Lipinski definition) is 1. The normalized spacial score (nSPS) is 8.25. The van der Waals surface area contributed by atoms with Gasteiger partial charge in [0.1, 0.15) is 0 Å². The van der Waals surface area contributed by atoms with Crippen LogP contribution >= 0.6 is 0 Å². The minimum atomic E-state index is -0.428. The number of aromatic nitrogens is 2. The average Bonchev–Trinajstić information content (AvgIpc) is 1.87. The van der Waals surface area contributed by atoms with Gasteiger partial charge in [0.2, 0.25) is 5.95 Å². The van der Waals surface area contributed by atoms with E-state index in [9.17, 15) is 4.39 Å². The van der Waals surface area contributed by atoms with Gasteiger partial charge in [-0.15, -0.1) is 0 Å². The van der Waals surface area contributed by atoms with Crippen LogP contribution in [0.5, 0.6) is 0 Å². The summed E-state index contributed by atoms with van der Waals surface area (Å²) in [6, 6.07) is 0. The van der Waals surface area contributed by atoms with Gasteiger partial charge in [-0.2, -0.15) is 4.39 Å². The van der Waals surface area contributed by atoms with E-state index >= 15 is 0 Å². The number of hydrogen-bond donors (Lipinski definition) is 0. The Morgan fingerprint density at radius 1 is 1.75 bits per heavy atom. The first-order valence-corrected chi connectivity index (χ1v) is 1.92. The molecule has 1 rings (SSSR count). The van der Waals surface area contributed by atoms with Crippen LogP contribution in [0.2, 0.25) is 0 Å². The molecule has 0 N–H and O–H groups in total. The minimum absolute atomic E-state index is 0. The van der Waals surface area contributed by atoms with Crippen LogP contribution in [-0.2, 0) is 7.05 Å². The maximum Gasteiger partial charge on any atom is 0.230 e. The van der Waals surface area contributed by atoms with Crippen molar-refractivity contribution in [3.63, 3.8) is 0 Å². The summed E-state index contributed by atoms with van der Waals surface area (Å²) in [4.78, 5) is 3.31.